The van der Waals surface area contributed by atoms with Crippen LogP contribution < -0.4 is 5.32 Å². The Balaban J connectivity index is 1.68. The minimum atomic E-state index is -0.412. The SMILES string of the molecule is O=[N+]([O-])c1ccc(Cl)c(CNCCCN2CCC(O)CC2)c1. The molecule has 1 aliphatic rings. The lowest BCUT2D eigenvalue weighted by molar-refractivity contribution is -0.384. The first-order chi connectivity index (χ1) is 10.6. The van der Waals surface area contributed by atoms with Gasteiger partial charge in [-0.15, -0.1) is 0 Å². The number of rotatable bonds is 7. The number of nitrogens with zero attached hydrogens (tertiary/aromatic N) is 2. The number of hydrogen-bond acceptors (Lipinski definition) is 5. The molecule has 0 radical (unpaired) electrons. The van der Waals surface area contributed by atoms with Gasteiger partial charge >= 0.3 is 0 Å². The summed E-state index contributed by atoms with van der Waals surface area (Å²) in [5.41, 5.74) is 0.810. The van der Waals surface area contributed by atoms with Crippen molar-refractivity contribution in [1.29, 1.82) is 0 Å². The molecule has 0 aliphatic carbocycles. The van der Waals surface area contributed by atoms with Gasteiger partial charge in [0.1, 0.15) is 0 Å². The molecular weight excluding hydrogens is 306 g/mol. The van der Waals surface area contributed by atoms with Gasteiger partial charge in [-0.05, 0) is 44.0 Å². The van der Waals surface area contributed by atoms with E-state index in [2.05, 4.69) is 10.2 Å². The standard InChI is InChI=1S/C15H22ClN3O3/c16-15-3-2-13(19(21)22)10-12(15)11-17-6-1-7-18-8-4-14(20)5-9-18/h2-3,10,14,17,20H,1,4-9,11H2. The number of aliphatic hydroxyl groups excluding tert-OH is 1. The molecule has 7 heteroatoms. The summed E-state index contributed by atoms with van der Waals surface area (Å²) >= 11 is 6.05. The van der Waals surface area contributed by atoms with Crippen molar-refractivity contribution in [2.24, 2.45) is 0 Å². The van der Waals surface area contributed by atoms with E-state index in [1.54, 1.807) is 6.07 Å². The summed E-state index contributed by atoms with van der Waals surface area (Å²) in [6, 6.07) is 4.49. The zero-order valence-electron chi connectivity index (χ0n) is 12.5. The van der Waals surface area contributed by atoms with E-state index in [4.69, 9.17) is 11.6 Å². The van der Waals surface area contributed by atoms with Crippen LogP contribution in [0.15, 0.2) is 18.2 Å². The summed E-state index contributed by atoms with van der Waals surface area (Å²) in [4.78, 5) is 12.7. The molecule has 122 valence electrons. The Bertz CT molecular complexity index is 505. The highest BCUT2D eigenvalue weighted by Crippen LogP contribution is 2.21. The van der Waals surface area contributed by atoms with Crippen LogP contribution in [0.5, 0.6) is 0 Å². The Labute approximate surface area is 135 Å². The fourth-order valence-electron chi connectivity index (χ4n) is 2.60. The second-order valence-corrected chi connectivity index (χ2v) is 6.04. The van der Waals surface area contributed by atoms with Gasteiger partial charge in [0.05, 0.1) is 11.0 Å². The molecule has 2 N–H and O–H groups in total. The van der Waals surface area contributed by atoms with Crippen molar-refractivity contribution in [1.82, 2.24) is 10.2 Å². The largest absolute Gasteiger partial charge is 0.393 e. The summed E-state index contributed by atoms with van der Waals surface area (Å²) in [6.45, 7) is 4.27. The van der Waals surface area contributed by atoms with Crippen molar-refractivity contribution < 1.29 is 10.0 Å². The molecule has 2 rings (SSSR count). The van der Waals surface area contributed by atoms with Crippen LogP contribution in [0.2, 0.25) is 5.02 Å². The lowest BCUT2D eigenvalue weighted by atomic mass is 10.1. The highest BCUT2D eigenvalue weighted by Gasteiger charge is 2.16. The van der Waals surface area contributed by atoms with Gasteiger partial charge in [0.15, 0.2) is 0 Å². The van der Waals surface area contributed by atoms with Gasteiger partial charge in [0, 0.05) is 36.8 Å². The summed E-state index contributed by atoms with van der Waals surface area (Å²) in [7, 11) is 0. The van der Waals surface area contributed by atoms with Crippen LogP contribution in [0.3, 0.4) is 0 Å². The van der Waals surface area contributed by atoms with Gasteiger partial charge in [-0.3, -0.25) is 10.1 Å². The third kappa shape index (κ3) is 5.21. The van der Waals surface area contributed by atoms with Crippen LogP contribution in [-0.2, 0) is 6.54 Å². The number of non-ortho nitro benzene ring substituents is 1. The number of nitro groups is 1. The Hall–Kier alpha value is -1.21. The molecule has 1 aliphatic heterocycles. The predicted octanol–water partition coefficient (Wildman–Crippen LogP) is 2.18. The molecule has 0 spiro atoms. The molecule has 1 aromatic rings. The molecular formula is C15H22ClN3O3. The van der Waals surface area contributed by atoms with Crippen molar-refractivity contribution in [3.8, 4) is 0 Å². The van der Waals surface area contributed by atoms with Crippen LogP contribution in [0.4, 0.5) is 5.69 Å². The van der Waals surface area contributed by atoms with Gasteiger partial charge in [-0.2, -0.15) is 0 Å². The van der Waals surface area contributed by atoms with Gasteiger partial charge in [-0.1, -0.05) is 11.6 Å². The average Bonchev–Trinajstić information content (AvgIpc) is 2.50. The summed E-state index contributed by atoms with van der Waals surface area (Å²) in [5, 5.41) is 24.0. The maximum Gasteiger partial charge on any atom is 0.269 e. The van der Waals surface area contributed by atoms with Gasteiger partial charge in [0.2, 0.25) is 0 Å². The van der Waals surface area contributed by atoms with Crippen LogP contribution >= 0.6 is 11.6 Å². The zero-order chi connectivity index (χ0) is 15.9. The predicted molar refractivity (Wildman–Crippen MR) is 86.1 cm³/mol. The number of benzene rings is 1. The summed E-state index contributed by atoms with van der Waals surface area (Å²) in [6.07, 6.45) is 2.58. The molecule has 1 saturated heterocycles. The van der Waals surface area contributed by atoms with Crippen LogP contribution in [0.25, 0.3) is 0 Å². The third-order valence-corrected chi connectivity index (χ3v) is 4.31. The first-order valence-electron chi connectivity index (χ1n) is 7.60. The Morgan fingerprint density at radius 1 is 1.41 bits per heavy atom. The lowest BCUT2D eigenvalue weighted by Crippen LogP contribution is -2.37. The van der Waals surface area contributed by atoms with Crippen molar-refractivity contribution in [3.05, 3.63) is 38.9 Å². The molecule has 0 bridgehead atoms. The maximum atomic E-state index is 10.8. The van der Waals surface area contributed by atoms with E-state index in [9.17, 15) is 15.2 Å². The van der Waals surface area contributed by atoms with Gasteiger partial charge in [-0.25, -0.2) is 0 Å². The summed E-state index contributed by atoms with van der Waals surface area (Å²) in [5.74, 6) is 0. The average molecular weight is 328 g/mol. The van der Waals surface area contributed by atoms with E-state index in [1.165, 1.54) is 12.1 Å². The molecule has 6 nitrogen and oxygen atoms in total. The molecule has 0 amide bonds. The molecule has 0 atom stereocenters. The molecule has 0 saturated carbocycles. The smallest absolute Gasteiger partial charge is 0.269 e. The van der Waals surface area contributed by atoms with Crippen molar-refractivity contribution >= 4 is 17.3 Å². The molecule has 0 unspecified atom stereocenters. The third-order valence-electron chi connectivity index (χ3n) is 3.94. The van der Waals surface area contributed by atoms with Gasteiger partial charge in [0.25, 0.3) is 5.69 Å². The number of halogens is 1. The molecule has 1 aromatic carbocycles. The number of nitro benzene ring substituents is 1. The fraction of sp³-hybridized carbons (Fsp3) is 0.600. The first kappa shape index (κ1) is 17.1. The molecule has 1 heterocycles. The molecule has 0 aromatic heterocycles. The minimum Gasteiger partial charge on any atom is -0.393 e. The Morgan fingerprint density at radius 2 is 2.14 bits per heavy atom. The highest BCUT2D eigenvalue weighted by atomic mass is 35.5. The van der Waals surface area contributed by atoms with Crippen LogP contribution in [0, 0.1) is 10.1 Å². The first-order valence-corrected chi connectivity index (χ1v) is 7.98. The van der Waals surface area contributed by atoms with Crippen molar-refractivity contribution in [3.63, 3.8) is 0 Å². The second-order valence-electron chi connectivity index (χ2n) is 5.64. The molecule has 22 heavy (non-hydrogen) atoms. The topological polar surface area (TPSA) is 78.6 Å². The van der Waals surface area contributed by atoms with Crippen LogP contribution in [0.1, 0.15) is 24.8 Å². The summed E-state index contributed by atoms with van der Waals surface area (Å²) < 4.78 is 0. The lowest BCUT2D eigenvalue weighted by Gasteiger charge is -2.29. The van der Waals surface area contributed by atoms with Crippen LogP contribution in [-0.4, -0.2) is 47.2 Å². The number of likely N-dealkylation sites (tertiary alicyclic amines) is 1. The minimum absolute atomic E-state index is 0.0630. The maximum absolute atomic E-state index is 10.8. The zero-order valence-corrected chi connectivity index (χ0v) is 13.3. The molecule has 1 fully saturated rings. The Morgan fingerprint density at radius 3 is 2.82 bits per heavy atom. The van der Waals surface area contributed by atoms with Crippen molar-refractivity contribution in [2.45, 2.75) is 31.9 Å². The van der Waals surface area contributed by atoms with E-state index in [0.29, 0.717) is 11.6 Å². The van der Waals surface area contributed by atoms with E-state index >= 15 is 0 Å². The van der Waals surface area contributed by atoms with Gasteiger partial charge < -0.3 is 15.3 Å². The van der Waals surface area contributed by atoms with E-state index in [0.717, 1.165) is 51.0 Å². The van der Waals surface area contributed by atoms with E-state index in [1.807, 2.05) is 0 Å². The number of aliphatic hydroxyl groups is 1. The van der Waals surface area contributed by atoms with Crippen molar-refractivity contribution in [2.75, 3.05) is 26.2 Å². The Kier molecular flexibility index (Phi) is 6.57. The quantitative estimate of drug-likeness (QED) is 0.456. The monoisotopic (exact) mass is 327 g/mol. The number of piperidine rings is 1. The second kappa shape index (κ2) is 8.43. The highest BCUT2D eigenvalue weighted by molar-refractivity contribution is 6.31. The normalized spacial score (nSPS) is 16.8. The number of nitrogens with one attached hydrogen (secondary N) is 1. The van der Waals surface area contributed by atoms with E-state index in [-0.39, 0.29) is 11.8 Å². The number of hydrogen-bond donors (Lipinski definition) is 2. The van der Waals surface area contributed by atoms with E-state index < -0.39 is 4.92 Å². The fourth-order valence-corrected chi connectivity index (χ4v) is 2.79.